The topological polar surface area (TPSA) is 41.1 Å². The van der Waals surface area contributed by atoms with E-state index in [2.05, 4.69) is 24.5 Å². The highest BCUT2D eigenvalue weighted by Crippen LogP contribution is 2.25. The molecule has 2 N–H and O–H groups in total. The number of amides is 1. The number of hydrogen-bond acceptors (Lipinski definition) is 2. The molecule has 1 amide bonds. The lowest BCUT2D eigenvalue weighted by molar-refractivity contribution is 0.0977. The van der Waals surface area contributed by atoms with Crippen LogP contribution in [0, 0.1) is 0 Å². The number of thiocarbonyl (C=S) groups is 1. The van der Waals surface area contributed by atoms with Crippen molar-refractivity contribution in [1.82, 2.24) is 5.32 Å². The Morgan fingerprint density at radius 3 is 2.30 bits per heavy atom. The van der Waals surface area contributed by atoms with Crippen molar-refractivity contribution < 1.29 is 4.79 Å². The predicted molar refractivity (Wildman–Crippen MR) is 101 cm³/mol. The summed E-state index contributed by atoms with van der Waals surface area (Å²) in [6.07, 6.45) is 0. The summed E-state index contributed by atoms with van der Waals surface area (Å²) in [7, 11) is 0. The monoisotopic (exact) mass is 366 g/mol. The number of carbonyl (C=O) groups is 1. The van der Waals surface area contributed by atoms with E-state index in [0.29, 0.717) is 27.2 Å². The number of rotatable bonds is 3. The molecule has 0 saturated carbocycles. The van der Waals surface area contributed by atoms with Gasteiger partial charge in [-0.25, -0.2) is 0 Å². The van der Waals surface area contributed by atoms with Gasteiger partial charge in [-0.2, -0.15) is 0 Å². The van der Waals surface area contributed by atoms with Crippen LogP contribution in [0.15, 0.2) is 42.5 Å². The van der Waals surface area contributed by atoms with Gasteiger partial charge in [0, 0.05) is 10.6 Å². The third-order valence-electron chi connectivity index (χ3n) is 3.25. The molecule has 2 rings (SSSR count). The van der Waals surface area contributed by atoms with Crippen LogP contribution in [0.5, 0.6) is 0 Å². The second-order valence-electron chi connectivity index (χ2n) is 5.31. The Bertz CT molecular complexity index is 730. The fourth-order valence-electron chi connectivity index (χ4n) is 1.94. The summed E-state index contributed by atoms with van der Waals surface area (Å²) in [6, 6.07) is 12.4. The second-order valence-corrected chi connectivity index (χ2v) is 6.56. The zero-order valence-electron chi connectivity index (χ0n) is 12.7. The molecule has 2 aromatic rings. The first kappa shape index (κ1) is 17.7. The van der Waals surface area contributed by atoms with E-state index in [1.54, 1.807) is 30.3 Å². The summed E-state index contributed by atoms with van der Waals surface area (Å²) in [5.41, 5.74) is 2.30. The van der Waals surface area contributed by atoms with Crippen LogP contribution in [0.3, 0.4) is 0 Å². The molecule has 2 aromatic carbocycles. The van der Waals surface area contributed by atoms with Crippen molar-refractivity contribution >= 4 is 52.1 Å². The summed E-state index contributed by atoms with van der Waals surface area (Å²) in [6.45, 7) is 4.20. The van der Waals surface area contributed by atoms with Crippen molar-refractivity contribution in [3.63, 3.8) is 0 Å². The fraction of sp³-hybridized carbons (Fsp3) is 0.176. The van der Waals surface area contributed by atoms with Gasteiger partial charge in [-0.3, -0.25) is 10.1 Å². The van der Waals surface area contributed by atoms with Gasteiger partial charge in [-0.1, -0.05) is 49.2 Å². The van der Waals surface area contributed by atoms with Crippen molar-refractivity contribution in [3.8, 4) is 0 Å². The lowest BCUT2D eigenvalue weighted by Gasteiger charge is -2.11. The van der Waals surface area contributed by atoms with E-state index in [9.17, 15) is 4.79 Å². The van der Waals surface area contributed by atoms with Gasteiger partial charge in [-0.05, 0) is 54.0 Å². The summed E-state index contributed by atoms with van der Waals surface area (Å²) in [5, 5.41) is 6.63. The minimum atomic E-state index is -0.275. The Morgan fingerprint density at radius 2 is 1.74 bits per heavy atom. The second kappa shape index (κ2) is 7.77. The normalized spacial score (nSPS) is 10.5. The van der Waals surface area contributed by atoms with Crippen LogP contribution < -0.4 is 10.6 Å². The molecule has 0 aliphatic rings. The van der Waals surface area contributed by atoms with E-state index in [1.807, 2.05) is 12.1 Å². The van der Waals surface area contributed by atoms with Gasteiger partial charge in [0.05, 0.1) is 10.7 Å². The molecule has 0 saturated heterocycles. The molecule has 0 heterocycles. The van der Waals surface area contributed by atoms with Gasteiger partial charge < -0.3 is 5.32 Å². The van der Waals surface area contributed by atoms with Crippen LogP contribution in [0.1, 0.15) is 35.7 Å². The Morgan fingerprint density at radius 1 is 1.09 bits per heavy atom. The number of anilines is 1. The SMILES string of the molecule is CC(C)c1ccc(C(=O)NC(=S)Nc2ccc(Cl)cc2Cl)cc1. The first-order valence-electron chi connectivity index (χ1n) is 7.04. The number of hydrogen-bond donors (Lipinski definition) is 2. The number of carbonyl (C=O) groups excluding carboxylic acids is 1. The smallest absolute Gasteiger partial charge is 0.257 e. The van der Waals surface area contributed by atoms with Gasteiger partial charge in [0.25, 0.3) is 5.91 Å². The van der Waals surface area contributed by atoms with Crippen LogP contribution in [0.4, 0.5) is 5.69 Å². The van der Waals surface area contributed by atoms with Crippen molar-refractivity contribution in [2.24, 2.45) is 0 Å². The largest absolute Gasteiger partial charge is 0.331 e. The van der Waals surface area contributed by atoms with E-state index in [1.165, 1.54) is 5.56 Å². The Labute approximate surface area is 151 Å². The van der Waals surface area contributed by atoms with Crippen LogP contribution in [-0.4, -0.2) is 11.0 Å². The number of benzene rings is 2. The third-order valence-corrected chi connectivity index (χ3v) is 4.00. The maximum atomic E-state index is 12.2. The van der Waals surface area contributed by atoms with Gasteiger partial charge in [0.15, 0.2) is 5.11 Å². The molecule has 23 heavy (non-hydrogen) atoms. The quantitative estimate of drug-likeness (QED) is 0.729. The number of nitrogens with one attached hydrogen (secondary N) is 2. The fourth-order valence-corrected chi connectivity index (χ4v) is 2.60. The molecular weight excluding hydrogens is 351 g/mol. The van der Waals surface area contributed by atoms with E-state index in [4.69, 9.17) is 35.4 Å². The first-order valence-corrected chi connectivity index (χ1v) is 8.20. The van der Waals surface area contributed by atoms with Crippen LogP contribution in [0.25, 0.3) is 0 Å². The highest BCUT2D eigenvalue weighted by molar-refractivity contribution is 7.80. The zero-order valence-corrected chi connectivity index (χ0v) is 15.0. The molecule has 0 radical (unpaired) electrons. The minimum absolute atomic E-state index is 0.173. The van der Waals surface area contributed by atoms with Crippen molar-refractivity contribution in [2.75, 3.05) is 5.32 Å². The average Bonchev–Trinajstić information content (AvgIpc) is 2.50. The third kappa shape index (κ3) is 4.93. The maximum Gasteiger partial charge on any atom is 0.257 e. The van der Waals surface area contributed by atoms with Crippen molar-refractivity contribution in [1.29, 1.82) is 0 Å². The van der Waals surface area contributed by atoms with Crippen LogP contribution in [-0.2, 0) is 0 Å². The summed E-state index contributed by atoms with van der Waals surface area (Å²) < 4.78 is 0. The molecule has 0 fully saturated rings. The molecule has 0 unspecified atom stereocenters. The van der Waals surface area contributed by atoms with E-state index in [-0.39, 0.29) is 11.0 Å². The Kier molecular flexibility index (Phi) is 5.99. The van der Waals surface area contributed by atoms with Crippen molar-refractivity contribution in [2.45, 2.75) is 19.8 Å². The van der Waals surface area contributed by atoms with E-state index in [0.717, 1.165) is 0 Å². The van der Waals surface area contributed by atoms with Crippen LogP contribution in [0.2, 0.25) is 10.0 Å². The predicted octanol–water partition coefficient (Wildman–Crippen LogP) is 5.24. The zero-order chi connectivity index (χ0) is 17.0. The molecular formula is C17H16Cl2N2OS. The van der Waals surface area contributed by atoms with Gasteiger partial charge in [-0.15, -0.1) is 0 Å². The molecule has 0 bridgehead atoms. The molecule has 0 aliphatic heterocycles. The lowest BCUT2D eigenvalue weighted by atomic mass is 10.0. The molecule has 6 heteroatoms. The molecule has 3 nitrogen and oxygen atoms in total. The minimum Gasteiger partial charge on any atom is -0.331 e. The average molecular weight is 367 g/mol. The summed E-state index contributed by atoms with van der Waals surface area (Å²) >= 11 is 17.0. The maximum absolute atomic E-state index is 12.2. The van der Waals surface area contributed by atoms with E-state index >= 15 is 0 Å². The molecule has 120 valence electrons. The van der Waals surface area contributed by atoms with Crippen molar-refractivity contribution in [3.05, 3.63) is 63.6 Å². The number of halogens is 2. The standard InChI is InChI=1S/C17H16Cl2N2OS/c1-10(2)11-3-5-12(6-4-11)16(22)21-17(23)20-15-8-7-13(18)9-14(15)19/h3-10H,1-2H3,(H2,20,21,22,23). The molecule has 0 spiro atoms. The van der Waals surface area contributed by atoms with Gasteiger partial charge >= 0.3 is 0 Å². The first-order chi connectivity index (χ1) is 10.9. The van der Waals surface area contributed by atoms with Gasteiger partial charge in [0.1, 0.15) is 0 Å². The lowest BCUT2D eigenvalue weighted by Crippen LogP contribution is -2.34. The molecule has 0 atom stereocenters. The highest BCUT2D eigenvalue weighted by Gasteiger charge is 2.10. The Balaban J connectivity index is 2.00. The summed E-state index contributed by atoms with van der Waals surface area (Å²) in [5.74, 6) is 0.143. The molecule has 0 aromatic heterocycles. The van der Waals surface area contributed by atoms with E-state index < -0.39 is 0 Å². The molecule has 0 aliphatic carbocycles. The van der Waals surface area contributed by atoms with Gasteiger partial charge in [0.2, 0.25) is 0 Å². The highest BCUT2D eigenvalue weighted by atomic mass is 35.5. The Hall–Kier alpha value is -1.62. The van der Waals surface area contributed by atoms with Crippen LogP contribution >= 0.6 is 35.4 Å². The summed E-state index contributed by atoms with van der Waals surface area (Å²) in [4.78, 5) is 12.2.